The van der Waals surface area contributed by atoms with Crippen molar-refractivity contribution in [2.75, 3.05) is 24.2 Å². The van der Waals surface area contributed by atoms with Gasteiger partial charge in [-0.25, -0.2) is 0 Å². The van der Waals surface area contributed by atoms with Crippen LogP contribution in [0.5, 0.6) is 0 Å². The molecular formula is C19H25N2OS+. The first-order chi connectivity index (χ1) is 11.1. The highest BCUT2D eigenvalue weighted by Gasteiger charge is 2.05. The molecule has 1 amide bonds. The molecule has 0 saturated carbocycles. The van der Waals surface area contributed by atoms with E-state index in [1.165, 1.54) is 16.0 Å². The Morgan fingerprint density at radius 2 is 1.87 bits per heavy atom. The van der Waals surface area contributed by atoms with Crippen LogP contribution in [0.15, 0.2) is 53.4 Å². The Morgan fingerprint density at radius 1 is 1.09 bits per heavy atom. The molecule has 0 saturated heterocycles. The van der Waals surface area contributed by atoms with Gasteiger partial charge in [-0.05, 0) is 49.2 Å². The number of rotatable bonds is 8. The summed E-state index contributed by atoms with van der Waals surface area (Å²) in [5, 5.41) is 5.02. The van der Waals surface area contributed by atoms with Crippen LogP contribution in [0.4, 0.5) is 5.69 Å². The number of carbonyl (C=O) groups excluding carboxylic acids is 1. The third-order valence-electron chi connectivity index (χ3n) is 3.68. The van der Waals surface area contributed by atoms with Gasteiger partial charge in [-0.15, -0.1) is 11.8 Å². The quantitative estimate of drug-likeness (QED) is 0.578. The largest absolute Gasteiger partial charge is 0.338 e. The fourth-order valence-corrected chi connectivity index (χ4v) is 3.10. The van der Waals surface area contributed by atoms with Crippen molar-refractivity contribution in [1.29, 1.82) is 0 Å². The minimum Gasteiger partial charge on any atom is -0.338 e. The van der Waals surface area contributed by atoms with Gasteiger partial charge in [0, 0.05) is 22.8 Å². The maximum atomic E-state index is 11.9. The second-order valence-electron chi connectivity index (χ2n) is 5.64. The summed E-state index contributed by atoms with van der Waals surface area (Å²) in [6, 6.07) is 16.4. The van der Waals surface area contributed by atoms with Crippen LogP contribution in [0.2, 0.25) is 0 Å². The van der Waals surface area contributed by atoms with Crippen molar-refractivity contribution in [3.05, 3.63) is 59.7 Å². The first-order valence-corrected chi connectivity index (χ1v) is 9.00. The molecule has 0 spiro atoms. The Balaban J connectivity index is 1.58. The summed E-state index contributed by atoms with van der Waals surface area (Å²) in [6.07, 6.45) is 1.09. The van der Waals surface area contributed by atoms with E-state index in [4.69, 9.17) is 0 Å². The van der Waals surface area contributed by atoms with E-state index in [2.05, 4.69) is 48.7 Å². The van der Waals surface area contributed by atoms with Crippen LogP contribution in [0.1, 0.15) is 17.5 Å². The van der Waals surface area contributed by atoms with Gasteiger partial charge in [-0.1, -0.05) is 24.3 Å². The van der Waals surface area contributed by atoms with Crippen LogP contribution >= 0.6 is 11.8 Å². The number of hydrogen-bond donors (Lipinski definition) is 2. The lowest BCUT2D eigenvalue weighted by Gasteiger charge is -2.07. The van der Waals surface area contributed by atoms with Gasteiger partial charge in [-0.2, -0.15) is 0 Å². The number of anilines is 1. The Morgan fingerprint density at radius 3 is 2.61 bits per heavy atom. The second kappa shape index (κ2) is 9.38. The number of nitrogens with two attached hydrogens (primary N) is 1. The van der Waals surface area contributed by atoms with Gasteiger partial charge in [0.05, 0.1) is 6.54 Å². The Labute approximate surface area is 142 Å². The fraction of sp³-hybridized carbons (Fsp3) is 0.316. The SMILES string of the molecule is Cc1ccc(NC(=O)C[NH2+]CCCSc2ccccc2)cc1C. The normalized spacial score (nSPS) is 10.5. The van der Waals surface area contributed by atoms with Gasteiger partial charge in [0.15, 0.2) is 6.54 Å². The maximum Gasteiger partial charge on any atom is 0.279 e. The molecule has 2 rings (SSSR count). The predicted octanol–water partition coefficient (Wildman–Crippen LogP) is 2.99. The highest BCUT2D eigenvalue weighted by molar-refractivity contribution is 7.99. The molecule has 4 heteroatoms. The molecular weight excluding hydrogens is 304 g/mol. The van der Waals surface area contributed by atoms with Crippen LogP contribution < -0.4 is 10.6 Å². The Kier molecular flexibility index (Phi) is 7.17. The van der Waals surface area contributed by atoms with E-state index in [1.54, 1.807) is 0 Å². The number of carbonyl (C=O) groups is 1. The molecule has 0 bridgehead atoms. The van der Waals surface area contributed by atoms with E-state index >= 15 is 0 Å². The maximum absolute atomic E-state index is 11.9. The van der Waals surface area contributed by atoms with Crippen LogP contribution in [0.25, 0.3) is 0 Å². The summed E-state index contributed by atoms with van der Waals surface area (Å²) in [5.74, 6) is 1.14. The summed E-state index contributed by atoms with van der Waals surface area (Å²) >= 11 is 1.86. The zero-order chi connectivity index (χ0) is 16.5. The second-order valence-corrected chi connectivity index (χ2v) is 6.81. The summed E-state index contributed by atoms with van der Waals surface area (Å²) in [4.78, 5) is 13.2. The van der Waals surface area contributed by atoms with Crippen LogP contribution in [-0.2, 0) is 4.79 Å². The van der Waals surface area contributed by atoms with Gasteiger partial charge >= 0.3 is 0 Å². The topological polar surface area (TPSA) is 45.7 Å². The van der Waals surface area contributed by atoms with E-state index in [-0.39, 0.29) is 5.91 Å². The Bertz CT molecular complexity index is 629. The number of amides is 1. The highest BCUT2D eigenvalue weighted by Crippen LogP contribution is 2.17. The highest BCUT2D eigenvalue weighted by atomic mass is 32.2. The van der Waals surface area contributed by atoms with Crippen LogP contribution in [-0.4, -0.2) is 24.7 Å². The molecule has 3 nitrogen and oxygen atoms in total. The summed E-state index contributed by atoms with van der Waals surface area (Å²) in [6.45, 7) is 5.58. The first-order valence-electron chi connectivity index (χ1n) is 8.02. The third-order valence-corrected chi connectivity index (χ3v) is 4.78. The van der Waals surface area contributed by atoms with Crippen LogP contribution in [0.3, 0.4) is 0 Å². The molecule has 0 aliphatic heterocycles. The van der Waals surface area contributed by atoms with E-state index in [0.717, 1.165) is 24.4 Å². The fourth-order valence-electron chi connectivity index (χ4n) is 2.20. The first kappa shape index (κ1) is 17.6. The van der Waals surface area contributed by atoms with E-state index in [1.807, 2.05) is 36.0 Å². The summed E-state index contributed by atoms with van der Waals surface area (Å²) in [5.41, 5.74) is 3.32. The third kappa shape index (κ3) is 6.47. The zero-order valence-corrected chi connectivity index (χ0v) is 14.7. The van der Waals surface area contributed by atoms with Gasteiger partial charge in [0.25, 0.3) is 5.91 Å². The molecule has 0 atom stereocenters. The number of hydrogen-bond acceptors (Lipinski definition) is 2. The van der Waals surface area contributed by atoms with Crippen molar-refractivity contribution >= 4 is 23.4 Å². The molecule has 0 fully saturated rings. The molecule has 0 aliphatic rings. The van der Waals surface area contributed by atoms with Crippen molar-refractivity contribution in [1.82, 2.24) is 0 Å². The molecule has 23 heavy (non-hydrogen) atoms. The van der Waals surface area contributed by atoms with Crippen molar-refractivity contribution in [3.63, 3.8) is 0 Å². The minimum absolute atomic E-state index is 0.0592. The van der Waals surface area contributed by atoms with E-state index in [0.29, 0.717) is 6.54 Å². The van der Waals surface area contributed by atoms with Gasteiger partial charge in [0.1, 0.15) is 0 Å². The summed E-state index contributed by atoms with van der Waals surface area (Å²) < 4.78 is 0. The van der Waals surface area contributed by atoms with E-state index in [9.17, 15) is 4.79 Å². The Hall–Kier alpha value is -1.78. The number of aryl methyl sites for hydroxylation is 2. The number of thioether (sulfide) groups is 1. The van der Waals surface area contributed by atoms with Crippen LogP contribution in [0, 0.1) is 13.8 Å². The van der Waals surface area contributed by atoms with Crippen molar-refractivity contribution < 1.29 is 10.1 Å². The van der Waals surface area contributed by atoms with E-state index < -0.39 is 0 Å². The lowest BCUT2D eigenvalue weighted by Crippen LogP contribution is -2.86. The smallest absolute Gasteiger partial charge is 0.279 e. The van der Waals surface area contributed by atoms with Gasteiger partial charge < -0.3 is 10.6 Å². The molecule has 0 aromatic heterocycles. The predicted molar refractivity (Wildman–Crippen MR) is 98.0 cm³/mol. The monoisotopic (exact) mass is 329 g/mol. The average molecular weight is 329 g/mol. The number of nitrogens with one attached hydrogen (secondary N) is 1. The number of quaternary nitrogens is 1. The molecule has 122 valence electrons. The van der Waals surface area contributed by atoms with Gasteiger partial charge in [-0.3, -0.25) is 4.79 Å². The lowest BCUT2D eigenvalue weighted by molar-refractivity contribution is -0.643. The minimum atomic E-state index is 0.0592. The molecule has 0 heterocycles. The zero-order valence-electron chi connectivity index (χ0n) is 13.8. The average Bonchev–Trinajstić information content (AvgIpc) is 2.55. The molecule has 2 aromatic carbocycles. The standard InChI is InChI=1S/C19H24N2OS/c1-15-9-10-17(13-16(15)2)21-19(22)14-20-11-6-12-23-18-7-4-3-5-8-18/h3-5,7-10,13,20H,6,11-12,14H2,1-2H3,(H,21,22)/p+1. The van der Waals surface area contributed by atoms with Crippen molar-refractivity contribution in [3.8, 4) is 0 Å². The lowest BCUT2D eigenvalue weighted by atomic mass is 10.1. The summed E-state index contributed by atoms with van der Waals surface area (Å²) in [7, 11) is 0. The molecule has 0 radical (unpaired) electrons. The van der Waals surface area contributed by atoms with Crippen molar-refractivity contribution in [2.45, 2.75) is 25.2 Å². The molecule has 2 aromatic rings. The molecule has 0 aliphatic carbocycles. The van der Waals surface area contributed by atoms with Gasteiger partial charge in [0.2, 0.25) is 0 Å². The molecule has 3 N–H and O–H groups in total. The number of benzene rings is 2. The molecule has 0 unspecified atom stereocenters. The van der Waals surface area contributed by atoms with Crippen molar-refractivity contribution in [2.24, 2.45) is 0 Å².